The van der Waals surface area contributed by atoms with Crippen LogP contribution in [0.5, 0.6) is 0 Å². The van der Waals surface area contributed by atoms with E-state index >= 15 is 0 Å². The average Bonchev–Trinajstić information content (AvgIpc) is 2.36. The molecule has 0 aliphatic carbocycles. The SMILES string of the molecule is Cc1cc(C)cc(N(C)c2c(Cl)cccc2CCl)c1. The van der Waals surface area contributed by atoms with Crippen LogP contribution in [0.15, 0.2) is 36.4 Å². The van der Waals surface area contributed by atoms with E-state index in [9.17, 15) is 0 Å². The maximum atomic E-state index is 6.33. The molecule has 0 bridgehead atoms. The van der Waals surface area contributed by atoms with Gasteiger partial charge in [0.1, 0.15) is 0 Å². The van der Waals surface area contributed by atoms with E-state index in [1.54, 1.807) is 0 Å². The lowest BCUT2D eigenvalue weighted by Crippen LogP contribution is -2.12. The highest BCUT2D eigenvalue weighted by molar-refractivity contribution is 6.33. The molecule has 0 heterocycles. The number of halogens is 2. The third-order valence-electron chi connectivity index (χ3n) is 3.14. The molecule has 0 saturated carbocycles. The van der Waals surface area contributed by atoms with Gasteiger partial charge in [0.25, 0.3) is 0 Å². The second kappa shape index (κ2) is 5.85. The van der Waals surface area contributed by atoms with E-state index < -0.39 is 0 Å². The number of para-hydroxylation sites is 1. The minimum absolute atomic E-state index is 0.449. The van der Waals surface area contributed by atoms with E-state index in [2.05, 4.69) is 36.9 Å². The molecule has 19 heavy (non-hydrogen) atoms. The van der Waals surface area contributed by atoms with Crippen LogP contribution in [0.1, 0.15) is 16.7 Å². The number of rotatable bonds is 3. The molecule has 3 heteroatoms. The number of anilines is 2. The van der Waals surface area contributed by atoms with Crippen molar-refractivity contribution >= 4 is 34.6 Å². The first-order valence-corrected chi connectivity index (χ1v) is 7.09. The fraction of sp³-hybridized carbons (Fsp3) is 0.250. The molecule has 0 spiro atoms. The molecule has 2 aromatic carbocycles. The summed E-state index contributed by atoms with van der Waals surface area (Å²) in [5, 5.41) is 0.722. The fourth-order valence-electron chi connectivity index (χ4n) is 2.32. The summed E-state index contributed by atoms with van der Waals surface area (Å²) in [6.45, 7) is 4.19. The number of hydrogen-bond acceptors (Lipinski definition) is 1. The van der Waals surface area contributed by atoms with Crippen molar-refractivity contribution in [1.29, 1.82) is 0 Å². The van der Waals surface area contributed by atoms with Crippen LogP contribution in [0.2, 0.25) is 5.02 Å². The topological polar surface area (TPSA) is 3.24 Å². The average molecular weight is 294 g/mol. The van der Waals surface area contributed by atoms with Gasteiger partial charge < -0.3 is 4.90 Å². The van der Waals surface area contributed by atoms with E-state index in [1.165, 1.54) is 11.1 Å². The van der Waals surface area contributed by atoms with Crippen LogP contribution in [0.4, 0.5) is 11.4 Å². The summed E-state index contributed by atoms with van der Waals surface area (Å²) in [5.41, 5.74) is 5.61. The van der Waals surface area contributed by atoms with Gasteiger partial charge in [0.05, 0.1) is 10.7 Å². The quantitative estimate of drug-likeness (QED) is 0.679. The van der Waals surface area contributed by atoms with Crippen molar-refractivity contribution in [3.8, 4) is 0 Å². The van der Waals surface area contributed by atoms with Gasteiger partial charge in [-0.05, 0) is 48.7 Å². The van der Waals surface area contributed by atoms with Gasteiger partial charge in [0.2, 0.25) is 0 Å². The molecule has 0 atom stereocenters. The van der Waals surface area contributed by atoms with Crippen LogP contribution in [0.25, 0.3) is 0 Å². The first-order valence-electron chi connectivity index (χ1n) is 6.18. The molecule has 1 nitrogen and oxygen atoms in total. The minimum atomic E-state index is 0.449. The first-order chi connectivity index (χ1) is 9.02. The second-order valence-electron chi connectivity index (χ2n) is 4.79. The molecule has 0 saturated heterocycles. The summed E-state index contributed by atoms with van der Waals surface area (Å²) >= 11 is 12.3. The highest BCUT2D eigenvalue weighted by atomic mass is 35.5. The van der Waals surface area contributed by atoms with Crippen molar-refractivity contribution in [2.24, 2.45) is 0 Å². The minimum Gasteiger partial charge on any atom is -0.343 e. The molecule has 0 fully saturated rings. The third kappa shape index (κ3) is 3.05. The van der Waals surface area contributed by atoms with Crippen molar-refractivity contribution in [1.82, 2.24) is 0 Å². The molecule has 2 aromatic rings. The number of nitrogens with zero attached hydrogens (tertiary/aromatic N) is 1. The molecule has 0 radical (unpaired) electrons. The molecule has 0 amide bonds. The van der Waals surface area contributed by atoms with E-state index in [4.69, 9.17) is 23.2 Å². The van der Waals surface area contributed by atoms with Gasteiger partial charge in [-0.1, -0.05) is 29.8 Å². The van der Waals surface area contributed by atoms with Gasteiger partial charge in [-0.3, -0.25) is 0 Å². The summed E-state index contributed by atoms with van der Waals surface area (Å²) in [6, 6.07) is 12.3. The van der Waals surface area contributed by atoms with Gasteiger partial charge in [-0.15, -0.1) is 11.6 Å². The monoisotopic (exact) mass is 293 g/mol. The zero-order valence-corrected chi connectivity index (χ0v) is 12.9. The molecule has 0 aliphatic heterocycles. The van der Waals surface area contributed by atoms with Crippen LogP contribution in [-0.4, -0.2) is 7.05 Å². The number of benzene rings is 2. The Hall–Kier alpha value is -1.18. The Morgan fingerprint density at radius 2 is 1.68 bits per heavy atom. The molecule has 0 aliphatic rings. The van der Waals surface area contributed by atoms with Gasteiger partial charge in [0.15, 0.2) is 0 Å². The van der Waals surface area contributed by atoms with Crippen molar-refractivity contribution in [3.63, 3.8) is 0 Å². The smallest absolute Gasteiger partial charge is 0.0646 e. The Labute approximate surface area is 124 Å². The standard InChI is InChI=1S/C16H17Cl2N/c1-11-7-12(2)9-14(8-11)19(3)16-13(10-17)5-4-6-15(16)18/h4-9H,10H2,1-3H3. The molecule has 0 N–H and O–H groups in total. The Balaban J connectivity index is 2.52. The van der Waals surface area contributed by atoms with Crippen molar-refractivity contribution in [2.75, 3.05) is 11.9 Å². The summed E-state index contributed by atoms with van der Waals surface area (Å²) in [6.07, 6.45) is 0. The molecule has 0 aromatic heterocycles. The number of hydrogen-bond donors (Lipinski definition) is 0. The number of alkyl halides is 1. The van der Waals surface area contributed by atoms with Crippen LogP contribution < -0.4 is 4.90 Å². The van der Waals surface area contributed by atoms with E-state index in [0.717, 1.165) is 22.0 Å². The molecular weight excluding hydrogens is 277 g/mol. The highest BCUT2D eigenvalue weighted by Gasteiger charge is 2.13. The van der Waals surface area contributed by atoms with Crippen molar-refractivity contribution in [3.05, 3.63) is 58.1 Å². The Kier molecular flexibility index (Phi) is 4.38. The largest absolute Gasteiger partial charge is 0.343 e. The second-order valence-corrected chi connectivity index (χ2v) is 5.46. The predicted molar refractivity (Wildman–Crippen MR) is 85.0 cm³/mol. The van der Waals surface area contributed by atoms with Crippen LogP contribution >= 0.6 is 23.2 Å². The number of aryl methyl sites for hydroxylation is 2. The maximum Gasteiger partial charge on any atom is 0.0646 e. The van der Waals surface area contributed by atoms with Gasteiger partial charge in [-0.25, -0.2) is 0 Å². The molecule has 100 valence electrons. The van der Waals surface area contributed by atoms with Crippen LogP contribution in [0, 0.1) is 13.8 Å². The van der Waals surface area contributed by atoms with Gasteiger partial charge >= 0.3 is 0 Å². The van der Waals surface area contributed by atoms with Crippen molar-refractivity contribution < 1.29 is 0 Å². The lowest BCUT2D eigenvalue weighted by atomic mass is 10.1. The summed E-state index contributed by atoms with van der Waals surface area (Å²) in [4.78, 5) is 2.10. The normalized spacial score (nSPS) is 10.6. The van der Waals surface area contributed by atoms with E-state index in [-0.39, 0.29) is 0 Å². The molecule has 2 rings (SSSR count). The Morgan fingerprint density at radius 1 is 1.05 bits per heavy atom. The van der Waals surface area contributed by atoms with E-state index in [0.29, 0.717) is 5.88 Å². The molecular formula is C16H17Cl2N. The van der Waals surface area contributed by atoms with E-state index in [1.807, 2.05) is 25.2 Å². The lowest BCUT2D eigenvalue weighted by Gasteiger charge is -2.24. The Bertz CT molecular complexity index is 573. The van der Waals surface area contributed by atoms with Gasteiger partial charge in [-0.2, -0.15) is 0 Å². The van der Waals surface area contributed by atoms with Crippen LogP contribution in [-0.2, 0) is 5.88 Å². The van der Waals surface area contributed by atoms with Gasteiger partial charge in [0, 0.05) is 18.6 Å². The lowest BCUT2D eigenvalue weighted by molar-refractivity contribution is 1.16. The Morgan fingerprint density at radius 3 is 2.26 bits per heavy atom. The highest BCUT2D eigenvalue weighted by Crippen LogP contribution is 2.35. The summed E-state index contributed by atoms with van der Waals surface area (Å²) < 4.78 is 0. The summed E-state index contributed by atoms with van der Waals surface area (Å²) in [7, 11) is 2.02. The fourth-order valence-corrected chi connectivity index (χ4v) is 2.85. The summed E-state index contributed by atoms with van der Waals surface area (Å²) in [5.74, 6) is 0.449. The van der Waals surface area contributed by atoms with Crippen molar-refractivity contribution in [2.45, 2.75) is 19.7 Å². The zero-order valence-electron chi connectivity index (χ0n) is 11.4. The first kappa shape index (κ1) is 14.2. The predicted octanol–water partition coefficient (Wildman–Crippen LogP) is 5.46. The van der Waals surface area contributed by atoms with Crippen LogP contribution in [0.3, 0.4) is 0 Å². The maximum absolute atomic E-state index is 6.33. The third-order valence-corrected chi connectivity index (χ3v) is 3.74. The molecule has 0 unspecified atom stereocenters. The zero-order chi connectivity index (χ0) is 14.0.